The molecule has 0 amide bonds. The van der Waals surface area contributed by atoms with E-state index in [4.69, 9.17) is 4.42 Å². The first kappa shape index (κ1) is 10.6. The van der Waals surface area contributed by atoms with Gasteiger partial charge in [0.15, 0.2) is 0 Å². The SMILES string of the molecule is Cc1nnc(CCCN2CC[C@H](O)C2)o1. The number of aromatic nitrogens is 2. The monoisotopic (exact) mass is 211 g/mol. The molecule has 0 radical (unpaired) electrons. The molecule has 1 fully saturated rings. The predicted octanol–water partition coefficient (Wildman–Crippen LogP) is 0.377. The molecule has 0 saturated carbocycles. The number of β-amino-alcohol motifs (C(OH)–C–C–N with tert-alkyl or cyclic N) is 1. The molecule has 1 aliphatic heterocycles. The molecular weight excluding hydrogens is 194 g/mol. The van der Waals surface area contributed by atoms with Crippen LogP contribution in [0.3, 0.4) is 0 Å². The minimum atomic E-state index is -0.129. The average molecular weight is 211 g/mol. The van der Waals surface area contributed by atoms with Crippen LogP contribution in [0.2, 0.25) is 0 Å². The summed E-state index contributed by atoms with van der Waals surface area (Å²) < 4.78 is 5.28. The van der Waals surface area contributed by atoms with Gasteiger partial charge in [-0.2, -0.15) is 0 Å². The molecule has 0 bridgehead atoms. The molecule has 15 heavy (non-hydrogen) atoms. The van der Waals surface area contributed by atoms with Crippen LogP contribution in [0, 0.1) is 6.92 Å². The number of nitrogens with zero attached hydrogens (tertiary/aromatic N) is 3. The van der Waals surface area contributed by atoms with Gasteiger partial charge in [-0.3, -0.25) is 0 Å². The van der Waals surface area contributed by atoms with E-state index in [1.54, 1.807) is 6.92 Å². The lowest BCUT2D eigenvalue weighted by atomic mass is 10.3. The average Bonchev–Trinajstić information content (AvgIpc) is 2.76. The van der Waals surface area contributed by atoms with Crippen LogP contribution in [0.4, 0.5) is 0 Å². The lowest BCUT2D eigenvalue weighted by Gasteiger charge is -2.13. The number of likely N-dealkylation sites (tertiary alicyclic amines) is 1. The van der Waals surface area contributed by atoms with Crippen molar-refractivity contribution in [2.75, 3.05) is 19.6 Å². The van der Waals surface area contributed by atoms with Gasteiger partial charge in [-0.25, -0.2) is 0 Å². The Morgan fingerprint density at radius 2 is 2.40 bits per heavy atom. The number of aliphatic hydroxyl groups is 1. The number of rotatable bonds is 4. The second-order valence-corrected chi connectivity index (χ2v) is 4.06. The highest BCUT2D eigenvalue weighted by Gasteiger charge is 2.19. The summed E-state index contributed by atoms with van der Waals surface area (Å²) in [7, 11) is 0. The van der Waals surface area contributed by atoms with Gasteiger partial charge in [-0.05, 0) is 19.4 Å². The maximum absolute atomic E-state index is 9.34. The largest absolute Gasteiger partial charge is 0.426 e. The van der Waals surface area contributed by atoms with Crippen LogP contribution in [-0.2, 0) is 6.42 Å². The number of hydrogen-bond acceptors (Lipinski definition) is 5. The Labute approximate surface area is 89.1 Å². The zero-order chi connectivity index (χ0) is 10.7. The van der Waals surface area contributed by atoms with Gasteiger partial charge >= 0.3 is 0 Å². The Bertz CT molecular complexity index is 313. The van der Waals surface area contributed by atoms with Crippen LogP contribution in [0.15, 0.2) is 4.42 Å². The molecule has 0 spiro atoms. The molecule has 0 unspecified atom stereocenters. The summed E-state index contributed by atoms with van der Waals surface area (Å²) in [5, 5.41) is 17.1. The van der Waals surface area contributed by atoms with Gasteiger partial charge in [0.05, 0.1) is 6.10 Å². The minimum absolute atomic E-state index is 0.129. The summed E-state index contributed by atoms with van der Waals surface area (Å²) in [6.07, 6.45) is 2.61. The summed E-state index contributed by atoms with van der Waals surface area (Å²) in [4.78, 5) is 2.27. The van der Waals surface area contributed by atoms with E-state index in [0.29, 0.717) is 11.8 Å². The molecule has 1 aromatic rings. The highest BCUT2D eigenvalue weighted by molar-refractivity contribution is 4.80. The third-order valence-electron chi connectivity index (χ3n) is 2.68. The van der Waals surface area contributed by atoms with Crippen LogP contribution in [0.25, 0.3) is 0 Å². The van der Waals surface area contributed by atoms with E-state index in [0.717, 1.165) is 38.9 Å². The van der Waals surface area contributed by atoms with Crippen LogP contribution in [-0.4, -0.2) is 45.9 Å². The van der Waals surface area contributed by atoms with Gasteiger partial charge < -0.3 is 14.4 Å². The summed E-state index contributed by atoms with van der Waals surface area (Å²) in [5.74, 6) is 1.34. The van der Waals surface area contributed by atoms with Crippen molar-refractivity contribution < 1.29 is 9.52 Å². The fraction of sp³-hybridized carbons (Fsp3) is 0.800. The molecule has 84 valence electrons. The van der Waals surface area contributed by atoms with Gasteiger partial charge in [0.1, 0.15) is 0 Å². The van der Waals surface area contributed by atoms with Crippen molar-refractivity contribution in [3.63, 3.8) is 0 Å². The molecule has 1 aromatic heterocycles. The Morgan fingerprint density at radius 1 is 1.53 bits per heavy atom. The molecule has 5 heteroatoms. The third-order valence-corrected chi connectivity index (χ3v) is 2.68. The molecule has 2 heterocycles. The Hall–Kier alpha value is -0.940. The fourth-order valence-corrected chi connectivity index (χ4v) is 1.91. The predicted molar refractivity (Wildman–Crippen MR) is 54.4 cm³/mol. The number of hydrogen-bond donors (Lipinski definition) is 1. The maximum atomic E-state index is 9.34. The quantitative estimate of drug-likeness (QED) is 0.780. The van der Waals surface area contributed by atoms with Gasteiger partial charge in [-0.1, -0.05) is 0 Å². The van der Waals surface area contributed by atoms with Crippen molar-refractivity contribution in [2.45, 2.75) is 32.3 Å². The van der Waals surface area contributed by atoms with Gasteiger partial charge in [0.25, 0.3) is 0 Å². The first-order valence-corrected chi connectivity index (χ1v) is 5.43. The van der Waals surface area contributed by atoms with E-state index in [9.17, 15) is 5.11 Å². The van der Waals surface area contributed by atoms with Crippen molar-refractivity contribution in [3.8, 4) is 0 Å². The zero-order valence-electron chi connectivity index (χ0n) is 9.02. The lowest BCUT2D eigenvalue weighted by Crippen LogP contribution is -2.23. The summed E-state index contributed by atoms with van der Waals surface area (Å²) in [5.41, 5.74) is 0. The standard InChI is InChI=1S/C10H17N3O2/c1-8-11-12-10(15-8)3-2-5-13-6-4-9(14)7-13/h9,14H,2-7H2,1H3/t9-/m0/s1. The van der Waals surface area contributed by atoms with E-state index in [2.05, 4.69) is 15.1 Å². The van der Waals surface area contributed by atoms with E-state index >= 15 is 0 Å². The zero-order valence-corrected chi connectivity index (χ0v) is 9.02. The Morgan fingerprint density at radius 3 is 3.00 bits per heavy atom. The molecule has 1 N–H and O–H groups in total. The van der Waals surface area contributed by atoms with Crippen molar-refractivity contribution in [1.29, 1.82) is 0 Å². The van der Waals surface area contributed by atoms with E-state index in [-0.39, 0.29) is 6.10 Å². The number of aliphatic hydroxyl groups excluding tert-OH is 1. The van der Waals surface area contributed by atoms with E-state index in [1.807, 2.05) is 0 Å². The Kier molecular flexibility index (Phi) is 3.33. The minimum Gasteiger partial charge on any atom is -0.426 e. The van der Waals surface area contributed by atoms with Crippen molar-refractivity contribution >= 4 is 0 Å². The molecule has 5 nitrogen and oxygen atoms in total. The van der Waals surface area contributed by atoms with Crippen LogP contribution in [0.5, 0.6) is 0 Å². The van der Waals surface area contributed by atoms with Gasteiger partial charge in [0.2, 0.25) is 11.8 Å². The van der Waals surface area contributed by atoms with Crippen LogP contribution in [0.1, 0.15) is 24.6 Å². The molecule has 1 aliphatic rings. The first-order chi connectivity index (χ1) is 7.24. The highest BCUT2D eigenvalue weighted by atomic mass is 16.4. The Balaban J connectivity index is 1.67. The normalized spacial score (nSPS) is 22.4. The van der Waals surface area contributed by atoms with Gasteiger partial charge in [-0.15, -0.1) is 10.2 Å². The third kappa shape index (κ3) is 3.00. The van der Waals surface area contributed by atoms with E-state index < -0.39 is 0 Å². The highest BCUT2D eigenvalue weighted by Crippen LogP contribution is 2.10. The van der Waals surface area contributed by atoms with E-state index in [1.165, 1.54) is 0 Å². The second kappa shape index (κ2) is 4.72. The molecule has 2 rings (SSSR count). The van der Waals surface area contributed by atoms with Crippen LogP contribution < -0.4 is 0 Å². The summed E-state index contributed by atoms with van der Waals surface area (Å²) >= 11 is 0. The molecular formula is C10H17N3O2. The van der Waals surface area contributed by atoms with Crippen LogP contribution >= 0.6 is 0 Å². The summed E-state index contributed by atoms with van der Waals surface area (Å²) in [6, 6.07) is 0. The van der Waals surface area contributed by atoms with Crippen molar-refractivity contribution in [2.24, 2.45) is 0 Å². The first-order valence-electron chi connectivity index (χ1n) is 5.43. The lowest BCUT2D eigenvalue weighted by molar-refractivity contribution is 0.176. The molecule has 0 aliphatic carbocycles. The van der Waals surface area contributed by atoms with Gasteiger partial charge in [0, 0.05) is 26.4 Å². The molecule has 1 atom stereocenters. The second-order valence-electron chi connectivity index (χ2n) is 4.06. The maximum Gasteiger partial charge on any atom is 0.216 e. The topological polar surface area (TPSA) is 62.4 Å². The number of aryl methyl sites for hydroxylation is 2. The smallest absolute Gasteiger partial charge is 0.216 e. The van der Waals surface area contributed by atoms with Crippen molar-refractivity contribution in [3.05, 3.63) is 11.8 Å². The molecule has 1 saturated heterocycles. The summed E-state index contributed by atoms with van der Waals surface area (Å²) in [6.45, 7) is 4.61. The molecule has 0 aromatic carbocycles. The fourth-order valence-electron chi connectivity index (χ4n) is 1.91. The van der Waals surface area contributed by atoms with Crippen molar-refractivity contribution in [1.82, 2.24) is 15.1 Å².